The Bertz CT molecular complexity index is 547. The lowest BCUT2D eigenvalue weighted by atomic mass is 10.1. The lowest BCUT2D eigenvalue weighted by molar-refractivity contribution is 1.04. The molecule has 0 saturated carbocycles. The Morgan fingerprint density at radius 1 is 1.00 bits per heavy atom. The molecule has 0 spiro atoms. The molecule has 0 amide bonds. The van der Waals surface area contributed by atoms with Crippen LogP contribution in [0.25, 0.3) is 0 Å². The lowest BCUT2D eigenvalue weighted by Crippen LogP contribution is -2.11. The molecule has 2 nitrogen and oxygen atoms in total. The number of anilines is 2. The van der Waals surface area contributed by atoms with E-state index in [1.54, 1.807) is 0 Å². The summed E-state index contributed by atoms with van der Waals surface area (Å²) in [5.74, 6) is 0. The zero-order chi connectivity index (χ0) is 13.1. The number of benzene rings is 2. The van der Waals surface area contributed by atoms with E-state index in [-0.39, 0.29) is 0 Å². The molecule has 2 rings (SSSR count). The predicted molar refractivity (Wildman–Crippen MR) is 78.3 cm³/mol. The van der Waals surface area contributed by atoms with E-state index >= 15 is 0 Å². The molecule has 2 aromatic rings. The minimum Gasteiger partial charge on any atom is -0.344 e. The molecule has 0 unspecified atom stereocenters. The summed E-state index contributed by atoms with van der Waals surface area (Å²) in [4.78, 5) is 2.21. The van der Waals surface area contributed by atoms with Crippen LogP contribution in [0, 0.1) is 13.8 Å². The van der Waals surface area contributed by atoms with Crippen LogP contribution in [0.5, 0.6) is 0 Å². The molecule has 0 atom stereocenters. The highest BCUT2D eigenvalue weighted by Gasteiger charge is 2.07. The van der Waals surface area contributed by atoms with E-state index in [0.717, 1.165) is 0 Å². The maximum atomic E-state index is 5.70. The fourth-order valence-corrected chi connectivity index (χ4v) is 2.20. The maximum absolute atomic E-state index is 5.70. The first-order chi connectivity index (χ1) is 8.63. The number of nitrogens with two attached hydrogens (primary N) is 1. The Morgan fingerprint density at radius 2 is 1.72 bits per heavy atom. The van der Waals surface area contributed by atoms with Gasteiger partial charge >= 0.3 is 0 Å². The van der Waals surface area contributed by atoms with Gasteiger partial charge in [0, 0.05) is 25.0 Å². The molecular formula is C16H20N2. The van der Waals surface area contributed by atoms with E-state index in [9.17, 15) is 0 Å². The lowest BCUT2D eigenvalue weighted by Gasteiger charge is -2.22. The second-order valence-electron chi connectivity index (χ2n) is 4.66. The molecule has 0 heterocycles. The molecule has 2 heteroatoms. The SMILES string of the molecule is Cc1cc(N(C)c2ccccc2C)ccc1CN. The van der Waals surface area contributed by atoms with Gasteiger partial charge in [0.1, 0.15) is 0 Å². The predicted octanol–water partition coefficient (Wildman–Crippen LogP) is 3.53. The van der Waals surface area contributed by atoms with Gasteiger partial charge in [-0.15, -0.1) is 0 Å². The summed E-state index contributed by atoms with van der Waals surface area (Å²) in [5.41, 5.74) is 11.9. The summed E-state index contributed by atoms with van der Waals surface area (Å²) >= 11 is 0. The van der Waals surface area contributed by atoms with Crippen molar-refractivity contribution >= 4 is 11.4 Å². The Balaban J connectivity index is 2.37. The van der Waals surface area contributed by atoms with Crippen LogP contribution in [0.2, 0.25) is 0 Å². The van der Waals surface area contributed by atoms with Gasteiger partial charge in [-0.05, 0) is 48.7 Å². The Labute approximate surface area is 109 Å². The molecule has 0 radical (unpaired) electrons. The topological polar surface area (TPSA) is 29.3 Å². The summed E-state index contributed by atoms with van der Waals surface area (Å²) in [6.07, 6.45) is 0. The van der Waals surface area contributed by atoms with E-state index < -0.39 is 0 Å². The van der Waals surface area contributed by atoms with E-state index in [4.69, 9.17) is 5.73 Å². The van der Waals surface area contributed by atoms with Crippen LogP contribution in [-0.2, 0) is 6.54 Å². The molecule has 0 fully saturated rings. The molecule has 94 valence electrons. The van der Waals surface area contributed by atoms with Crippen LogP contribution in [0.1, 0.15) is 16.7 Å². The Kier molecular flexibility index (Phi) is 3.68. The van der Waals surface area contributed by atoms with Crippen molar-refractivity contribution in [3.05, 3.63) is 59.2 Å². The summed E-state index contributed by atoms with van der Waals surface area (Å²) in [6.45, 7) is 4.84. The summed E-state index contributed by atoms with van der Waals surface area (Å²) in [5, 5.41) is 0. The van der Waals surface area contributed by atoms with Gasteiger partial charge in [-0.2, -0.15) is 0 Å². The first-order valence-electron chi connectivity index (χ1n) is 6.22. The first-order valence-corrected chi connectivity index (χ1v) is 6.22. The van der Waals surface area contributed by atoms with Crippen LogP contribution < -0.4 is 10.6 Å². The average molecular weight is 240 g/mol. The number of nitrogens with zero attached hydrogens (tertiary/aromatic N) is 1. The molecule has 0 aromatic heterocycles. The average Bonchev–Trinajstić information content (AvgIpc) is 2.38. The van der Waals surface area contributed by atoms with Crippen molar-refractivity contribution in [3.8, 4) is 0 Å². The van der Waals surface area contributed by atoms with Crippen LogP contribution >= 0.6 is 0 Å². The minimum atomic E-state index is 0.597. The molecule has 0 bridgehead atoms. The molecule has 0 aliphatic heterocycles. The third-order valence-corrected chi connectivity index (χ3v) is 3.41. The summed E-state index contributed by atoms with van der Waals surface area (Å²) < 4.78 is 0. The number of hydrogen-bond donors (Lipinski definition) is 1. The fraction of sp³-hybridized carbons (Fsp3) is 0.250. The highest BCUT2D eigenvalue weighted by atomic mass is 15.1. The molecule has 18 heavy (non-hydrogen) atoms. The van der Waals surface area contributed by atoms with Gasteiger partial charge in [-0.1, -0.05) is 24.3 Å². The van der Waals surface area contributed by atoms with Gasteiger partial charge in [0.15, 0.2) is 0 Å². The van der Waals surface area contributed by atoms with Crippen LogP contribution in [-0.4, -0.2) is 7.05 Å². The van der Waals surface area contributed by atoms with Gasteiger partial charge in [-0.3, -0.25) is 0 Å². The van der Waals surface area contributed by atoms with E-state index in [0.29, 0.717) is 6.54 Å². The molecular weight excluding hydrogens is 220 g/mol. The van der Waals surface area contributed by atoms with Crippen molar-refractivity contribution in [1.29, 1.82) is 0 Å². The normalized spacial score (nSPS) is 10.4. The number of rotatable bonds is 3. The van der Waals surface area contributed by atoms with Crippen molar-refractivity contribution < 1.29 is 0 Å². The van der Waals surface area contributed by atoms with Gasteiger partial charge in [0.05, 0.1) is 0 Å². The molecule has 0 aliphatic carbocycles. The number of para-hydroxylation sites is 1. The third-order valence-electron chi connectivity index (χ3n) is 3.41. The van der Waals surface area contributed by atoms with Gasteiger partial charge in [-0.25, -0.2) is 0 Å². The molecule has 2 aromatic carbocycles. The second kappa shape index (κ2) is 5.23. The zero-order valence-electron chi connectivity index (χ0n) is 11.3. The third kappa shape index (κ3) is 2.39. The van der Waals surface area contributed by atoms with Gasteiger partial charge < -0.3 is 10.6 Å². The number of hydrogen-bond acceptors (Lipinski definition) is 2. The zero-order valence-corrected chi connectivity index (χ0v) is 11.3. The monoisotopic (exact) mass is 240 g/mol. The quantitative estimate of drug-likeness (QED) is 0.889. The van der Waals surface area contributed by atoms with Crippen molar-refractivity contribution in [2.75, 3.05) is 11.9 Å². The highest BCUT2D eigenvalue weighted by molar-refractivity contribution is 5.66. The van der Waals surface area contributed by atoms with Gasteiger partial charge in [0.25, 0.3) is 0 Å². The minimum absolute atomic E-state index is 0.597. The summed E-state index contributed by atoms with van der Waals surface area (Å²) in [7, 11) is 2.10. The van der Waals surface area contributed by atoms with Crippen molar-refractivity contribution in [3.63, 3.8) is 0 Å². The standard InChI is InChI=1S/C16H20N2/c1-12-6-4-5-7-16(12)18(3)15-9-8-14(11-17)13(2)10-15/h4-10H,11,17H2,1-3H3. The second-order valence-corrected chi connectivity index (χ2v) is 4.66. The molecule has 2 N–H and O–H groups in total. The fourth-order valence-electron chi connectivity index (χ4n) is 2.20. The molecule has 0 aliphatic rings. The van der Waals surface area contributed by atoms with E-state index in [1.165, 1.54) is 28.1 Å². The van der Waals surface area contributed by atoms with E-state index in [1.807, 2.05) is 0 Å². The molecule has 0 saturated heterocycles. The number of aryl methyl sites for hydroxylation is 2. The van der Waals surface area contributed by atoms with Crippen LogP contribution in [0.4, 0.5) is 11.4 Å². The first kappa shape index (κ1) is 12.7. The Morgan fingerprint density at radius 3 is 2.33 bits per heavy atom. The van der Waals surface area contributed by atoms with Crippen LogP contribution in [0.3, 0.4) is 0 Å². The highest BCUT2D eigenvalue weighted by Crippen LogP contribution is 2.27. The Hall–Kier alpha value is -1.80. The van der Waals surface area contributed by atoms with Crippen molar-refractivity contribution in [2.45, 2.75) is 20.4 Å². The maximum Gasteiger partial charge on any atom is 0.0437 e. The van der Waals surface area contributed by atoms with Gasteiger partial charge in [0.2, 0.25) is 0 Å². The largest absolute Gasteiger partial charge is 0.344 e. The summed E-state index contributed by atoms with van der Waals surface area (Å²) in [6, 6.07) is 14.8. The van der Waals surface area contributed by atoms with Crippen molar-refractivity contribution in [1.82, 2.24) is 0 Å². The van der Waals surface area contributed by atoms with E-state index in [2.05, 4.69) is 68.3 Å². The van der Waals surface area contributed by atoms with Crippen LogP contribution in [0.15, 0.2) is 42.5 Å². The smallest absolute Gasteiger partial charge is 0.0437 e. The van der Waals surface area contributed by atoms with Crippen molar-refractivity contribution in [2.24, 2.45) is 5.73 Å².